The Morgan fingerprint density at radius 3 is 2.61 bits per heavy atom. The first-order valence-electron chi connectivity index (χ1n) is 11.4. The van der Waals surface area contributed by atoms with Gasteiger partial charge in [-0.2, -0.15) is 0 Å². The van der Waals surface area contributed by atoms with Crippen molar-refractivity contribution in [1.82, 2.24) is 9.88 Å². The van der Waals surface area contributed by atoms with Crippen LogP contribution in [-0.2, 0) is 14.4 Å². The van der Waals surface area contributed by atoms with Crippen LogP contribution in [0.5, 0.6) is 0 Å². The first-order chi connectivity index (χ1) is 15.9. The Labute approximate surface area is 198 Å². The minimum absolute atomic E-state index is 0.0383. The zero-order chi connectivity index (χ0) is 23.0. The summed E-state index contributed by atoms with van der Waals surface area (Å²) in [6.45, 7) is 2.27. The predicted octanol–water partition coefficient (Wildman–Crippen LogP) is 3.08. The highest BCUT2D eigenvalue weighted by molar-refractivity contribution is 8.00. The third kappa shape index (κ3) is 3.01. The van der Waals surface area contributed by atoms with Crippen LogP contribution in [-0.4, -0.2) is 44.6 Å². The van der Waals surface area contributed by atoms with Crippen LogP contribution in [0.1, 0.15) is 41.2 Å². The summed E-state index contributed by atoms with van der Waals surface area (Å²) < 4.78 is 0. The Hall–Kier alpha value is -2.39. The van der Waals surface area contributed by atoms with Crippen molar-refractivity contribution in [3.8, 4) is 0 Å². The molecular formula is C24H24N2O5S2. The van der Waals surface area contributed by atoms with E-state index in [-0.39, 0.29) is 76.8 Å². The number of carbonyl (C=O) groups excluding carboxylic acids is 2. The lowest BCUT2D eigenvalue weighted by Crippen LogP contribution is -2.42. The lowest BCUT2D eigenvalue weighted by atomic mass is 9.67. The van der Waals surface area contributed by atoms with Crippen LogP contribution in [0.4, 0.5) is 0 Å². The largest absolute Gasteiger partial charge is 0.481 e. The number of carboxylic acids is 1. The van der Waals surface area contributed by atoms with Gasteiger partial charge in [0.1, 0.15) is 0 Å². The van der Waals surface area contributed by atoms with Gasteiger partial charge in [0.05, 0.1) is 16.9 Å². The van der Waals surface area contributed by atoms with Crippen LogP contribution in [0.15, 0.2) is 34.1 Å². The number of likely N-dealkylation sites (tertiary alicyclic amines) is 1. The van der Waals surface area contributed by atoms with E-state index in [9.17, 15) is 19.2 Å². The zero-order valence-corrected chi connectivity index (χ0v) is 19.7. The van der Waals surface area contributed by atoms with E-state index in [2.05, 4.69) is 24.0 Å². The van der Waals surface area contributed by atoms with Crippen molar-refractivity contribution in [3.05, 3.63) is 49.9 Å². The van der Waals surface area contributed by atoms with Crippen molar-refractivity contribution >= 4 is 40.9 Å². The van der Waals surface area contributed by atoms with Crippen LogP contribution < -0.4 is 4.87 Å². The number of aromatic amines is 1. The van der Waals surface area contributed by atoms with Gasteiger partial charge in [-0.15, -0.1) is 11.8 Å². The summed E-state index contributed by atoms with van der Waals surface area (Å²) >= 11 is 2.96. The molecule has 7 nitrogen and oxygen atoms in total. The molecule has 33 heavy (non-hydrogen) atoms. The molecule has 6 rings (SSSR count). The highest BCUT2D eigenvalue weighted by atomic mass is 32.2. The number of carbonyl (C=O) groups is 3. The maximum Gasteiger partial charge on any atom is 0.305 e. The highest BCUT2D eigenvalue weighted by Gasteiger charge is 2.69. The van der Waals surface area contributed by atoms with Gasteiger partial charge in [0.15, 0.2) is 0 Å². The second-order valence-corrected chi connectivity index (χ2v) is 11.8. The van der Waals surface area contributed by atoms with Crippen molar-refractivity contribution < 1.29 is 19.5 Å². The number of benzene rings is 1. The van der Waals surface area contributed by atoms with Gasteiger partial charge < -0.3 is 10.1 Å². The van der Waals surface area contributed by atoms with Crippen LogP contribution in [0.25, 0.3) is 0 Å². The van der Waals surface area contributed by atoms with Crippen molar-refractivity contribution in [2.24, 2.45) is 29.6 Å². The molecule has 0 spiro atoms. The van der Waals surface area contributed by atoms with Gasteiger partial charge in [-0.25, -0.2) is 0 Å². The van der Waals surface area contributed by atoms with Crippen molar-refractivity contribution in [1.29, 1.82) is 0 Å². The van der Waals surface area contributed by atoms with Gasteiger partial charge >= 0.3 is 10.8 Å². The van der Waals surface area contributed by atoms with Crippen LogP contribution in [0.2, 0.25) is 0 Å². The number of hydrogen-bond acceptors (Lipinski definition) is 6. The fourth-order valence-electron chi connectivity index (χ4n) is 6.97. The number of aryl methyl sites for hydroxylation is 1. The molecule has 0 unspecified atom stereocenters. The van der Waals surface area contributed by atoms with Crippen LogP contribution in [0.3, 0.4) is 0 Å². The minimum atomic E-state index is -0.919. The third-order valence-electron chi connectivity index (χ3n) is 8.11. The molecule has 2 saturated carbocycles. The Morgan fingerprint density at radius 1 is 1.15 bits per heavy atom. The number of thiazole rings is 1. The molecule has 2 amide bonds. The number of hydrogen-bond donors (Lipinski definition) is 2. The first-order valence-corrected chi connectivity index (χ1v) is 13.1. The summed E-state index contributed by atoms with van der Waals surface area (Å²) in [6.07, 6.45) is 1.09. The zero-order valence-electron chi connectivity index (χ0n) is 18.0. The number of H-pyrrole nitrogens is 1. The van der Waals surface area contributed by atoms with Crippen LogP contribution >= 0.6 is 23.1 Å². The number of aromatic nitrogens is 1. The molecule has 2 aromatic rings. The summed E-state index contributed by atoms with van der Waals surface area (Å²) in [5.74, 6) is -1.39. The number of amides is 2. The molecule has 4 aliphatic rings. The van der Waals surface area contributed by atoms with E-state index < -0.39 is 5.97 Å². The Kier molecular flexibility index (Phi) is 4.85. The van der Waals surface area contributed by atoms with Gasteiger partial charge in [0, 0.05) is 29.0 Å². The summed E-state index contributed by atoms with van der Waals surface area (Å²) in [7, 11) is 0. The van der Waals surface area contributed by atoms with Crippen LogP contribution in [0, 0.1) is 36.5 Å². The van der Waals surface area contributed by atoms with Gasteiger partial charge in [-0.05, 0) is 48.6 Å². The monoisotopic (exact) mass is 484 g/mol. The summed E-state index contributed by atoms with van der Waals surface area (Å²) in [5.41, 5.74) is 2.37. The van der Waals surface area contributed by atoms with E-state index in [0.717, 1.165) is 16.3 Å². The number of fused-ring (bicyclic) bond motifs is 9. The maximum absolute atomic E-state index is 13.4. The number of thioether (sulfide) groups is 1. The fraction of sp³-hybridized carbons (Fsp3) is 0.500. The number of aliphatic carboxylic acids is 1. The van der Waals surface area contributed by atoms with Gasteiger partial charge in [-0.3, -0.25) is 24.1 Å². The Morgan fingerprint density at radius 2 is 1.88 bits per heavy atom. The number of nitrogens with one attached hydrogen (secondary N) is 1. The van der Waals surface area contributed by atoms with Gasteiger partial charge in [0.2, 0.25) is 11.8 Å². The van der Waals surface area contributed by atoms with Gasteiger partial charge in [0.25, 0.3) is 0 Å². The predicted molar refractivity (Wildman–Crippen MR) is 123 cm³/mol. The third-order valence-corrected chi connectivity index (χ3v) is 10.7. The standard InChI is InChI=1S/C24H24N2O5S2/c1-10-5-2-3-6-11(10)15-16-12-9-13(19(16)32-21-20(15)33-24(31)25-21)18-17(12)22(29)26(23(18)30)8-4-7-14(27)28/h2-3,5-6,12-13,15-19H,4,7-9H2,1H3,(H,25,31)(H,27,28)/t12-,13+,15+,16+,17-,18+,19-/m1/s1. The molecule has 172 valence electrons. The molecule has 2 N–H and O–H groups in total. The minimum Gasteiger partial charge on any atom is -0.481 e. The number of rotatable bonds is 5. The molecule has 2 aliphatic carbocycles. The molecular weight excluding hydrogens is 460 g/mol. The summed E-state index contributed by atoms with van der Waals surface area (Å²) in [4.78, 5) is 55.2. The second kappa shape index (κ2) is 7.56. The lowest BCUT2D eigenvalue weighted by Gasteiger charge is -2.43. The molecule has 1 aromatic carbocycles. The fourth-order valence-corrected chi connectivity index (χ4v) is 9.85. The Bertz CT molecular complexity index is 1240. The maximum atomic E-state index is 13.4. The van der Waals surface area contributed by atoms with E-state index in [1.807, 2.05) is 12.1 Å². The summed E-state index contributed by atoms with van der Waals surface area (Å²) in [5, 5.41) is 10.0. The van der Waals surface area contributed by atoms with Gasteiger partial charge in [-0.1, -0.05) is 35.6 Å². The molecule has 2 bridgehead atoms. The average Bonchev–Trinajstić information content (AvgIpc) is 3.49. The molecule has 3 fully saturated rings. The molecule has 1 saturated heterocycles. The molecule has 7 atom stereocenters. The summed E-state index contributed by atoms with van der Waals surface area (Å²) in [6, 6.07) is 8.26. The first kappa shape index (κ1) is 21.2. The van der Waals surface area contributed by atoms with Crippen molar-refractivity contribution in [2.75, 3.05) is 6.54 Å². The van der Waals surface area contributed by atoms with E-state index in [1.54, 1.807) is 11.8 Å². The highest BCUT2D eigenvalue weighted by Crippen LogP contribution is 2.68. The van der Waals surface area contributed by atoms with Crippen molar-refractivity contribution in [2.45, 2.75) is 42.4 Å². The molecule has 0 radical (unpaired) electrons. The van der Waals surface area contributed by atoms with E-state index in [1.165, 1.54) is 27.4 Å². The van der Waals surface area contributed by atoms with Crippen molar-refractivity contribution in [3.63, 3.8) is 0 Å². The topological polar surface area (TPSA) is 108 Å². The SMILES string of the molecule is Cc1ccccc1[C@@H]1c2sc(=O)[nH]c2S[C@@H]2[C@H]3C[C@@H]([C@H]4C(=O)N(CCCC(=O)O)C(=O)[C@@H]34)[C@@H]12. The molecule has 2 aliphatic heterocycles. The Balaban J connectivity index is 1.39. The molecule has 1 aromatic heterocycles. The normalized spacial score (nSPS) is 33.8. The number of carboxylic acid groups (broad SMARTS) is 1. The average molecular weight is 485 g/mol. The molecule has 3 heterocycles. The van der Waals surface area contributed by atoms with E-state index in [0.29, 0.717) is 0 Å². The quantitative estimate of drug-likeness (QED) is 0.632. The number of nitrogens with zero attached hydrogens (tertiary/aromatic N) is 1. The van der Waals surface area contributed by atoms with E-state index in [4.69, 9.17) is 5.11 Å². The lowest BCUT2D eigenvalue weighted by molar-refractivity contribution is -0.142. The number of imide groups is 1. The molecule has 9 heteroatoms. The second-order valence-electron chi connectivity index (χ2n) is 9.64. The smallest absolute Gasteiger partial charge is 0.305 e. The van der Waals surface area contributed by atoms with E-state index >= 15 is 0 Å².